The zero-order valence-corrected chi connectivity index (χ0v) is 11.9. The Balaban J connectivity index is 1.81. The maximum atomic E-state index is 11.7. The molecule has 2 aromatic rings. The first-order valence-electron chi connectivity index (χ1n) is 6.81. The number of rotatable bonds is 7. The van der Waals surface area contributed by atoms with E-state index in [0.29, 0.717) is 31.9 Å². The number of methoxy groups -OCH3 is 1. The minimum absolute atomic E-state index is 0.0672. The second-order valence-electron chi connectivity index (χ2n) is 4.73. The van der Waals surface area contributed by atoms with Crippen molar-refractivity contribution in [3.8, 4) is 0 Å². The van der Waals surface area contributed by atoms with Gasteiger partial charge in [0.15, 0.2) is 11.5 Å². The molecule has 1 amide bonds. The summed E-state index contributed by atoms with van der Waals surface area (Å²) < 4.78 is 10.4. The maximum absolute atomic E-state index is 11.7. The van der Waals surface area contributed by atoms with Crippen molar-refractivity contribution in [1.29, 1.82) is 0 Å². The molecule has 1 aromatic carbocycles. The Morgan fingerprint density at radius 3 is 3.10 bits per heavy atom. The fraction of sp³-hybridized carbons (Fsp3) is 0.467. The number of nitrogens with one attached hydrogen (secondary N) is 1. The Morgan fingerprint density at radius 1 is 1.45 bits per heavy atom. The van der Waals surface area contributed by atoms with Gasteiger partial charge in [-0.25, -0.2) is 4.98 Å². The van der Waals surface area contributed by atoms with Gasteiger partial charge >= 0.3 is 0 Å². The number of fused-ring (bicyclic) bond motifs is 1. The van der Waals surface area contributed by atoms with Crippen molar-refractivity contribution >= 4 is 17.0 Å². The van der Waals surface area contributed by atoms with Crippen molar-refractivity contribution in [3.05, 3.63) is 29.7 Å². The third-order valence-corrected chi connectivity index (χ3v) is 3.05. The lowest BCUT2D eigenvalue weighted by Gasteiger charge is -2.04. The molecule has 1 aromatic heterocycles. The van der Waals surface area contributed by atoms with E-state index >= 15 is 0 Å². The molecule has 0 fully saturated rings. The Bertz CT molecular complexity index is 578. The maximum Gasteiger partial charge on any atom is 0.220 e. The van der Waals surface area contributed by atoms with Gasteiger partial charge in [0.1, 0.15) is 5.52 Å². The molecule has 0 spiro atoms. The predicted molar refractivity (Wildman–Crippen MR) is 76.6 cm³/mol. The highest BCUT2D eigenvalue weighted by atomic mass is 16.5. The Labute approximate surface area is 118 Å². The molecule has 0 aliphatic carbocycles. The van der Waals surface area contributed by atoms with E-state index in [0.717, 1.165) is 23.1 Å². The highest BCUT2D eigenvalue weighted by Gasteiger charge is 2.05. The number of benzene rings is 1. The number of amides is 1. The second kappa shape index (κ2) is 7.05. The third kappa shape index (κ3) is 4.06. The van der Waals surface area contributed by atoms with Crippen LogP contribution in [0.1, 0.15) is 24.3 Å². The van der Waals surface area contributed by atoms with Crippen molar-refractivity contribution in [2.45, 2.75) is 26.2 Å². The summed E-state index contributed by atoms with van der Waals surface area (Å²) in [6.45, 7) is 3.16. The van der Waals surface area contributed by atoms with Crippen LogP contribution in [0.2, 0.25) is 0 Å². The van der Waals surface area contributed by atoms with Crippen LogP contribution in [0, 0.1) is 6.92 Å². The topological polar surface area (TPSA) is 64.4 Å². The molecule has 0 bridgehead atoms. The Hall–Kier alpha value is -1.88. The molecular formula is C15H20N2O3. The zero-order chi connectivity index (χ0) is 14.4. The van der Waals surface area contributed by atoms with Gasteiger partial charge in [-0.3, -0.25) is 4.79 Å². The number of hydrogen-bond acceptors (Lipinski definition) is 4. The molecule has 5 heteroatoms. The zero-order valence-electron chi connectivity index (χ0n) is 11.9. The Kier molecular flexibility index (Phi) is 5.12. The van der Waals surface area contributed by atoms with E-state index < -0.39 is 0 Å². The molecule has 0 unspecified atom stereocenters. The van der Waals surface area contributed by atoms with Gasteiger partial charge in [-0.15, -0.1) is 0 Å². The lowest BCUT2D eigenvalue weighted by atomic mass is 10.1. The molecule has 5 nitrogen and oxygen atoms in total. The van der Waals surface area contributed by atoms with E-state index in [-0.39, 0.29) is 5.91 Å². The van der Waals surface area contributed by atoms with Crippen LogP contribution in [0.4, 0.5) is 0 Å². The van der Waals surface area contributed by atoms with Gasteiger partial charge in [-0.1, -0.05) is 6.07 Å². The van der Waals surface area contributed by atoms with Gasteiger partial charge in [0.25, 0.3) is 0 Å². The van der Waals surface area contributed by atoms with Crippen LogP contribution in [0.3, 0.4) is 0 Å². The van der Waals surface area contributed by atoms with E-state index in [4.69, 9.17) is 9.15 Å². The average Bonchev–Trinajstić information content (AvgIpc) is 2.80. The highest BCUT2D eigenvalue weighted by Crippen LogP contribution is 2.17. The van der Waals surface area contributed by atoms with E-state index in [9.17, 15) is 4.79 Å². The van der Waals surface area contributed by atoms with Crippen LogP contribution in [0.15, 0.2) is 22.6 Å². The summed E-state index contributed by atoms with van der Waals surface area (Å²) >= 11 is 0. The SMILES string of the molecule is COCCCNC(=O)CCc1ccc2oc(C)nc2c1. The quantitative estimate of drug-likeness (QED) is 0.788. The van der Waals surface area contributed by atoms with E-state index in [2.05, 4.69) is 10.3 Å². The standard InChI is InChI=1S/C15H20N2O3/c1-11-17-13-10-12(4-6-14(13)20-11)5-7-15(18)16-8-3-9-19-2/h4,6,10H,3,5,7-9H2,1-2H3,(H,16,18). The van der Waals surface area contributed by atoms with Crippen molar-refractivity contribution in [3.63, 3.8) is 0 Å². The summed E-state index contributed by atoms with van der Waals surface area (Å²) in [6, 6.07) is 5.86. The Morgan fingerprint density at radius 2 is 2.30 bits per heavy atom. The molecule has 1 N–H and O–H groups in total. The number of hydrogen-bond donors (Lipinski definition) is 1. The molecule has 0 radical (unpaired) electrons. The van der Waals surface area contributed by atoms with E-state index in [1.54, 1.807) is 7.11 Å². The number of carbonyl (C=O) groups is 1. The number of ether oxygens (including phenoxy) is 1. The smallest absolute Gasteiger partial charge is 0.220 e. The number of aryl methyl sites for hydroxylation is 2. The molecule has 0 atom stereocenters. The van der Waals surface area contributed by atoms with E-state index in [1.165, 1.54) is 0 Å². The largest absolute Gasteiger partial charge is 0.441 e. The van der Waals surface area contributed by atoms with Crippen molar-refractivity contribution in [2.75, 3.05) is 20.3 Å². The van der Waals surface area contributed by atoms with Gasteiger partial charge in [0, 0.05) is 33.6 Å². The number of nitrogens with zero attached hydrogens (tertiary/aromatic N) is 1. The summed E-state index contributed by atoms with van der Waals surface area (Å²) in [6.07, 6.45) is 2.03. The summed E-state index contributed by atoms with van der Waals surface area (Å²) in [5.74, 6) is 0.727. The van der Waals surface area contributed by atoms with Crippen molar-refractivity contribution < 1.29 is 13.9 Å². The molecule has 20 heavy (non-hydrogen) atoms. The lowest BCUT2D eigenvalue weighted by Crippen LogP contribution is -2.25. The van der Waals surface area contributed by atoms with Crippen LogP contribution in [0.25, 0.3) is 11.1 Å². The van der Waals surface area contributed by atoms with Gasteiger partial charge in [-0.05, 0) is 30.5 Å². The summed E-state index contributed by atoms with van der Waals surface area (Å²) in [4.78, 5) is 16.0. The fourth-order valence-electron chi connectivity index (χ4n) is 2.03. The molecule has 1 heterocycles. The molecule has 108 valence electrons. The monoisotopic (exact) mass is 276 g/mol. The molecule has 2 rings (SSSR count). The van der Waals surface area contributed by atoms with Gasteiger partial charge in [0.05, 0.1) is 0 Å². The van der Waals surface area contributed by atoms with Crippen molar-refractivity contribution in [1.82, 2.24) is 10.3 Å². The van der Waals surface area contributed by atoms with Crippen molar-refractivity contribution in [2.24, 2.45) is 0 Å². The number of oxazole rings is 1. The van der Waals surface area contributed by atoms with Crippen LogP contribution < -0.4 is 5.32 Å². The first-order valence-corrected chi connectivity index (χ1v) is 6.81. The second-order valence-corrected chi connectivity index (χ2v) is 4.73. The van der Waals surface area contributed by atoms with Crippen LogP contribution >= 0.6 is 0 Å². The van der Waals surface area contributed by atoms with Crippen LogP contribution in [-0.4, -0.2) is 31.2 Å². The number of aromatic nitrogens is 1. The summed E-state index contributed by atoms with van der Waals surface area (Å²) in [5, 5.41) is 2.88. The minimum Gasteiger partial charge on any atom is -0.441 e. The first kappa shape index (κ1) is 14.5. The average molecular weight is 276 g/mol. The molecule has 0 aliphatic heterocycles. The van der Waals surface area contributed by atoms with Crippen LogP contribution in [0.5, 0.6) is 0 Å². The van der Waals surface area contributed by atoms with Gasteiger partial charge < -0.3 is 14.5 Å². The van der Waals surface area contributed by atoms with Gasteiger partial charge in [-0.2, -0.15) is 0 Å². The summed E-state index contributed by atoms with van der Waals surface area (Å²) in [5.41, 5.74) is 2.73. The number of carbonyl (C=O) groups excluding carboxylic acids is 1. The third-order valence-electron chi connectivity index (χ3n) is 3.05. The predicted octanol–water partition coefficient (Wildman–Crippen LogP) is 2.22. The fourth-order valence-corrected chi connectivity index (χ4v) is 2.03. The summed E-state index contributed by atoms with van der Waals surface area (Å²) in [7, 11) is 1.66. The molecular weight excluding hydrogens is 256 g/mol. The van der Waals surface area contributed by atoms with E-state index in [1.807, 2.05) is 25.1 Å². The van der Waals surface area contributed by atoms with Gasteiger partial charge in [0.2, 0.25) is 5.91 Å². The molecule has 0 aliphatic rings. The first-order chi connectivity index (χ1) is 9.69. The molecule has 0 saturated carbocycles. The van der Waals surface area contributed by atoms with Crippen LogP contribution in [-0.2, 0) is 16.0 Å². The highest BCUT2D eigenvalue weighted by molar-refractivity contribution is 5.77. The normalized spacial score (nSPS) is 10.9. The lowest BCUT2D eigenvalue weighted by molar-refractivity contribution is -0.121. The minimum atomic E-state index is 0.0672. The molecule has 0 saturated heterocycles.